The fraction of sp³-hybridized carbons (Fsp3) is 0.250. The number of carbonyl (C=O) groups excluding carboxylic acids is 1. The lowest BCUT2D eigenvalue weighted by Crippen LogP contribution is -2.35. The topological polar surface area (TPSA) is 63.2 Å². The van der Waals surface area contributed by atoms with E-state index >= 15 is 0 Å². The third kappa shape index (κ3) is 5.65. The summed E-state index contributed by atoms with van der Waals surface area (Å²) in [5.41, 5.74) is 5.56. The number of nitrogens with one attached hydrogen (secondary N) is 2. The molecule has 0 aliphatic carbocycles. The summed E-state index contributed by atoms with van der Waals surface area (Å²) in [5.74, 6) is 0. The van der Waals surface area contributed by atoms with E-state index in [0.29, 0.717) is 0 Å². The predicted molar refractivity (Wildman–Crippen MR) is 87.8 cm³/mol. The van der Waals surface area contributed by atoms with Gasteiger partial charge in [-0.25, -0.2) is 15.2 Å². The lowest BCUT2D eigenvalue weighted by atomic mass is 10.2. The lowest BCUT2D eigenvalue weighted by molar-refractivity contribution is 0.0541. The molecule has 0 fully saturated rings. The fourth-order valence-corrected chi connectivity index (χ4v) is 2.34. The van der Waals surface area contributed by atoms with E-state index in [1.165, 1.54) is 0 Å². The maximum absolute atomic E-state index is 11.5. The van der Waals surface area contributed by atoms with Crippen molar-refractivity contribution in [3.63, 3.8) is 0 Å². The van der Waals surface area contributed by atoms with E-state index in [-0.39, 0.29) is 0 Å². The largest absolute Gasteiger partial charge is 0.443 e. The molecule has 0 atom stereocenters. The van der Waals surface area contributed by atoms with Gasteiger partial charge in [0.1, 0.15) is 10.6 Å². The summed E-state index contributed by atoms with van der Waals surface area (Å²) in [6, 6.07) is 13.5. The first kappa shape index (κ1) is 16.2. The Hall–Kier alpha value is -2.21. The van der Waals surface area contributed by atoms with Gasteiger partial charge in [-0.3, -0.25) is 5.43 Å². The highest BCUT2D eigenvalue weighted by Crippen LogP contribution is 2.26. The van der Waals surface area contributed by atoms with Crippen LogP contribution in [0.2, 0.25) is 0 Å². The summed E-state index contributed by atoms with van der Waals surface area (Å²) in [6.07, 6.45) is 1.25. The van der Waals surface area contributed by atoms with Crippen molar-refractivity contribution < 1.29 is 9.53 Å². The SMILES string of the molecule is CC(C)(C)OC(=O)NNc1ccc(Sc2ccccn2)cc1. The molecular weight excluding hydrogens is 298 g/mol. The van der Waals surface area contributed by atoms with E-state index < -0.39 is 11.7 Å². The van der Waals surface area contributed by atoms with Crippen LogP contribution in [-0.2, 0) is 4.74 Å². The number of aromatic nitrogens is 1. The first-order valence-electron chi connectivity index (χ1n) is 6.86. The summed E-state index contributed by atoms with van der Waals surface area (Å²) in [7, 11) is 0. The van der Waals surface area contributed by atoms with E-state index in [9.17, 15) is 4.79 Å². The smallest absolute Gasteiger partial charge is 0.426 e. The Morgan fingerprint density at radius 2 is 1.86 bits per heavy atom. The molecule has 1 heterocycles. The molecule has 0 aliphatic rings. The number of ether oxygens (including phenoxy) is 1. The van der Waals surface area contributed by atoms with Gasteiger partial charge in [-0.05, 0) is 57.2 Å². The average molecular weight is 317 g/mol. The van der Waals surface area contributed by atoms with Gasteiger partial charge in [-0.1, -0.05) is 17.8 Å². The van der Waals surface area contributed by atoms with Crippen LogP contribution in [0.4, 0.5) is 10.5 Å². The molecule has 1 aromatic carbocycles. The van der Waals surface area contributed by atoms with Crippen LogP contribution in [0.1, 0.15) is 20.8 Å². The van der Waals surface area contributed by atoms with Crippen LogP contribution in [0, 0.1) is 0 Å². The van der Waals surface area contributed by atoms with Gasteiger partial charge in [0.05, 0.1) is 5.69 Å². The molecule has 116 valence electrons. The molecule has 2 aromatic rings. The Labute approximate surface area is 134 Å². The first-order chi connectivity index (χ1) is 10.4. The molecule has 0 bridgehead atoms. The molecule has 2 rings (SSSR count). The summed E-state index contributed by atoms with van der Waals surface area (Å²) >= 11 is 1.58. The van der Waals surface area contributed by atoms with Crippen molar-refractivity contribution in [2.24, 2.45) is 0 Å². The Bertz CT molecular complexity index is 610. The fourth-order valence-electron chi connectivity index (χ4n) is 1.56. The molecule has 2 N–H and O–H groups in total. The number of benzene rings is 1. The van der Waals surface area contributed by atoms with Crippen molar-refractivity contribution in [3.05, 3.63) is 48.7 Å². The van der Waals surface area contributed by atoms with Crippen molar-refractivity contribution in [3.8, 4) is 0 Å². The Morgan fingerprint density at radius 1 is 1.14 bits per heavy atom. The van der Waals surface area contributed by atoms with E-state index in [0.717, 1.165) is 15.6 Å². The van der Waals surface area contributed by atoms with Crippen molar-refractivity contribution in [1.82, 2.24) is 10.4 Å². The van der Waals surface area contributed by atoms with Crippen LogP contribution >= 0.6 is 11.8 Å². The first-order valence-corrected chi connectivity index (χ1v) is 7.68. The monoisotopic (exact) mass is 317 g/mol. The Morgan fingerprint density at radius 3 is 2.45 bits per heavy atom. The van der Waals surface area contributed by atoms with Crippen LogP contribution in [-0.4, -0.2) is 16.7 Å². The minimum Gasteiger partial charge on any atom is -0.443 e. The zero-order chi connectivity index (χ0) is 16.0. The summed E-state index contributed by atoms with van der Waals surface area (Å²) < 4.78 is 5.14. The standard InChI is InChI=1S/C16H19N3O2S/c1-16(2,3)21-15(20)19-18-12-7-9-13(10-8-12)22-14-6-4-5-11-17-14/h4-11,18H,1-3H3,(H,19,20). The van der Waals surface area contributed by atoms with E-state index in [4.69, 9.17) is 4.74 Å². The Kier molecular flexibility index (Phi) is 5.27. The van der Waals surface area contributed by atoms with Crippen LogP contribution in [0.25, 0.3) is 0 Å². The summed E-state index contributed by atoms with van der Waals surface area (Å²) in [4.78, 5) is 16.9. The molecule has 0 aliphatic heterocycles. The van der Waals surface area contributed by atoms with Gasteiger partial charge in [0, 0.05) is 11.1 Å². The zero-order valence-corrected chi connectivity index (χ0v) is 13.6. The van der Waals surface area contributed by atoms with E-state index in [2.05, 4.69) is 15.8 Å². The number of amides is 1. The molecule has 6 heteroatoms. The highest BCUT2D eigenvalue weighted by Gasteiger charge is 2.15. The number of hydrogen-bond acceptors (Lipinski definition) is 5. The predicted octanol–water partition coefficient (Wildman–Crippen LogP) is 4.08. The molecular formula is C16H19N3O2S. The van der Waals surface area contributed by atoms with Gasteiger partial charge in [-0.15, -0.1) is 0 Å². The van der Waals surface area contributed by atoms with Crippen LogP contribution in [0.5, 0.6) is 0 Å². The minimum atomic E-state index is -0.519. The average Bonchev–Trinajstić information content (AvgIpc) is 2.46. The zero-order valence-electron chi connectivity index (χ0n) is 12.8. The van der Waals surface area contributed by atoms with Crippen LogP contribution < -0.4 is 10.9 Å². The highest BCUT2D eigenvalue weighted by atomic mass is 32.2. The molecule has 22 heavy (non-hydrogen) atoms. The van der Waals surface area contributed by atoms with Crippen molar-refractivity contribution in [1.29, 1.82) is 0 Å². The molecule has 5 nitrogen and oxygen atoms in total. The van der Waals surface area contributed by atoms with Crippen LogP contribution in [0.3, 0.4) is 0 Å². The third-order valence-electron chi connectivity index (χ3n) is 2.42. The number of anilines is 1. The maximum atomic E-state index is 11.5. The molecule has 0 radical (unpaired) electrons. The number of carbonyl (C=O) groups is 1. The van der Waals surface area contributed by atoms with Gasteiger partial charge >= 0.3 is 6.09 Å². The second kappa shape index (κ2) is 7.17. The second-order valence-electron chi connectivity index (χ2n) is 5.55. The molecule has 0 saturated carbocycles. The number of rotatable bonds is 4. The summed E-state index contributed by atoms with van der Waals surface area (Å²) in [6.45, 7) is 5.45. The van der Waals surface area contributed by atoms with Crippen molar-refractivity contribution in [2.45, 2.75) is 36.3 Å². The van der Waals surface area contributed by atoms with Crippen molar-refractivity contribution in [2.75, 3.05) is 5.43 Å². The van der Waals surface area contributed by atoms with Gasteiger partial charge in [0.15, 0.2) is 0 Å². The normalized spacial score (nSPS) is 10.9. The number of hydrazine groups is 1. The molecule has 1 amide bonds. The number of hydrogen-bond donors (Lipinski definition) is 2. The molecule has 0 saturated heterocycles. The maximum Gasteiger partial charge on any atom is 0.426 e. The third-order valence-corrected chi connectivity index (χ3v) is 3.38. The number of nitrogens with zero attached hydrogens (tertiary/aromatic N) is 1. The van der Waals surface area contributed by atoms with Gasteiger partial charge in [-0.2, -0.15) is 0 Å². The quantitative estimate of drug-likeness (QED) is 0.832. The van der Waals surface area contributed by atoms with Gasteiger partial charge < -0.3 is 4.74 Å². The van der Waals surface area contributed by atoms with Gasteiger partial charge in [0.25, 0.3) is 0 Å². The van der Waals surface area contributed by atoms with Crippen molar-refractivity contribution >= 4 is 23.5 Å². The highest BCUT2D eigenvalue weighted by molar-refractivity contribution is 7.99. The summed E-state index contributed by atoms with van der Waals surface area (Å²) in [5, 5.41) is 0.940. The minimum absolute atomic E-state index is 0.514. The molecule has 0 spiro atoms. The second-order valence-corrected chi connectivity index (χ2v) is 6.64. The Balaban J connectivity index is 1.86. The molecule has 0 unspecified atom stereocenters. The van der Waals surface area contributed by atoms with Gasteiger partial charge in [0.2, 0.25) is 0 Å². The molecule has 1 aromatic heterocycles. The van der Waals surface area contributed by atoms with E-state index in [1.807, 2.05) is 63.2 Å². The van der Waals surface area contributed by atoms with Crippen LogP contribution in [0.15, 0.2) is 58.6 Å². The van der Waals surface area contributed by atoms with E-state index in [1.54, 1.807) is 18.0 Å². The number of pyridine rings is 1. The lowest BCUT2D eigenvalue weighted by Gasteiger charge is -2.20.